The number of halogens is 3. The Morgan fingerprint density at radius 2 is 1.65 bits per heavy atom. The Kier molecular flexibility index (Phi) is 6.86. The molecule has 3 aromatic rings. The number of alkyl halides is 3. The second-order valence-corrected chi connectivity index (χ2v) is 10.3. The highest BCUT2D eigenvalue weighted by Gasteiger charge is 2.31. The topological polar surface area (TPSA) is 49.9 Å². The van der Waals surface area contributed by atoms with Crippen molar-refractivity contribution in [3.8, 4) is 5.75 Å². The minimum absolute atomic E-state index is 0.0166. The van der Waals surface area contributed by atoms with Crippen molar-refractivity contribution in [2.24, 2.45) is 0 Å². The first-order valence-electron chi connectivity index (χ1n) is 10.8. The molecule has 1 saturated heterocycles. The molecule has 34 heavy (non-hydrogen) atoms. The Morgan fingerprint density at radius 1 is 0.941 bits per heavy atom. The molecule has 0 N–H and O–H groups in total. The number of sulfone groups is 1. The molecule has 0 aliphatic carbocycles. The standard InChI is InChI=1S/C25H25F3N2O3S/c1-34(31,32)23-9-5-8-21(16-23)29-14-15-30(24(18-29)20-6-3-2-4-7-20)17-19-10-12-22(13-11-19)33-25(26,27)28/h2-13,16,24H,14-15,17-18H2,1H3/t24-/m1/s1. The van der Waals surface area contributed by atoms with Crippen LogP contribution in [0.3, 0.4) is 0 Å². The predicted molar refractivity (Wildman–Crippen MR) is 124 cm³/mol. The van der Waals surface area contributed by atoms with E-state index in [0.717, 1.165) is 16.8 Å². The lowest BCUT2D eigenvalue weighted by molar-refractivity contribution is -0.274. The molecule has 0 bridgehead atoms. The number of rotatable bonds is 6. The Bertz CT molecular complexity index is 1220. The summed E-state index contributed by atoms with van der Waals surface area (Å²) < 4.78 is 65.3. The van der Waals surface area contributed by atoms with Crippen LogP contribution in [0.4, 0.5) is 18.9 Å². The van der Waals surface area contributed by atoms with Crippen molar-refractivity contribution in [1.29, 1.82) is 0 Å². The quantitative estimate of drug-likeness (QED) is 0.484. The second-order valence-electron chi connectivity index (χ2n) is 8.30. The van der Waals surface area contributed by atoms with Crippen LogP contribution >= 0.6 is 0 Å². The zero-order valence-electron chi connectivity index (χ0n) is 18.6. The average molecular weight is 491 g/mol. The smallest absolute Gasteiger partial charge is 0.406 e. The third-order valence-corrected chi connectivity index (χ3v) is 6.94. The maximum atomic E-state index is 12.5. The highest BCUT2D eigenvalue weighted by atomic mass is 32.2. The van der Waals surface area contributed by atoms with Gasteiger partial charge in [0.05, 0.1) is 10.9 Å². The van der Waals surface area contributed by atoms with Crippen molar-refractivity contribution in [2.75, 3.05) is 30.8 Å². The van der Waals surface area contributed by atoms with Crippen molar-refractivity contribution < 1.29 is 26.3 Å². The van der Waals surface area contributed by atoms with E-state index in [-0.39, 0.29) is 16.7 Å². The van der Waals surface area contributed by atoms with E-state index < -0.39 is 16.2 Å². The van der Waals surface area contributed by atoms with Crippen molar-refractivity contribution in [3.63, 3.8) is 0 Å². The van der Waals surface area contributed by atoms with Crippen LogP contribution in [0.25, 0.3) is 0 Å². The zero-order chi connectivity index (χ0) is 24.3. The summed E-state index contributed by atoms with van der Waals surface area (Å²) in [5.74, 6) is -0.244. The molecule has 1 fully saturated rings. The number of hydrogen-bond acceptors (Lipinski definition) is 5. The molecule has 1 heterocycles. The molecule has 180 valence electrons. The Morgan fingerprint density at radius 3 is 2.29 bits per heavy atom. The molecule has 0 aromatic heterocycles. The molecule has 0 saturated carbocycles. The summed E-state index contributed by atoms with van der Waals surface area (Å²) in [6, 6.07) is 22.9. The summed E-state index contributed by atoms with van der Waals surface area (Å²) in [5, 5.41) is 0. The Labute approximate surface area is 197 Å². The normalized spacial score (nSPS) is 17.5. The van der Waals surface area contributed by atoms with Gasteiger partial charge < -0.3 is 9.64 Å². The van der Waals surface area contributed by atoms with Crippen LogP contribution in [0.2, 0.25) is 0 Å². The van der Waals surface area contributed by atoms with Crippen LogP contribution in [0.1, 0.15) is 17.2 Å². The fourth-order valence-corrected chi connectivity index (χ4v) is 4.84. The number of benzene rings is 3. The molecule has 4 rings (SSSR count). The van der Waals surface area contributed by atoms with E-state index in [1.54, 1.807) is 30.3 Å². The van der Waals surface area contributed by atoms with E-state index in [0.29, 0.717) is 26.2 Å². The summed E-state index contributed by atoms with van der Waals surface area (Å²) in [6.45, 7) is 2.59. The van der Waals surface area contributed by atoms with Gasteiger partial charge in [-0.15, -0.1) is 13.2 Å². The van der Waals surface area contributed by atoms with Crippen LogP contribution in [0.5, 0.6) is 5.75 Å². The summed E-state index contributed by atoms with van der Waals surface area (Å²) in [6.07, 6.45) is -3.52. The Hall–Kier alpha value is -3.04. The first-order chi connectivity index (χ1) is 16.1. The molecule has 0 amide bonds. The third-order valence-electron chi connectivity index (χ3n) is 5.83. The molecular weight excluding hydrogens is 465 g/mol. The van der Waals surface area contributed by atoms with Crippen LogP contribution < -0.4 is 9.64 Å². The van der Waals surface area contributed by atoms with E-state index in [4.69, 9.17) is 0 Å². The number of ether oxygens (including phenoxy) is 1. The molecule has 0 spiro atoms. The largest absolute Gasteiger partial charge is 0.573 e. The van der Waals surface area contributed by atoms with Gasteiger partial charge in [0, 0.05) is 38.1 Å². The maximum Gasteiger partial charge on any atom is 0.573 e. The average Bonchev–Trinajstić information content (AvgIpc) is 2.80. The first-order valence-corrected chi connectivity index (χ1v) is 12.7. The number of nitrogens with zero attached hydrogens (tertiary/aromatic N) is 2. The lowest BCUT2D eigenvalue weighted by atomic mass is 10.0. The minimum Gasteiger partial charge on any atom is -0.406 e. The summed E-state index contributed by atoms with van der Waals surface area (Å²) in [5.41, 5.74) is 2.84. The highest BCUT2D eigenvalue weighted by molar-refractivity contribution is 7.90. The molecule has 1 atom stereocenters. The van der Waals surface area contributed by atoms with Crippen LogP contribution in [0.15, 0.2) is 83.8 Å². The van der Waals surface area contributed by atoms with Crippen molar-refractivity contribution in [3.05, 3.63) is 90.0 Å². The first kappa shape index (κ1) is 24.1. The van der Waals surface area contributed by atoms with E-state index in [1.165, 1.54) is 18.4 Å². The van der Waals surface area contributed by atoms with Crippen LogP contribution in [0, 0.1) is 0 Å². The van der Waals surface area contributed by atoms with E-state index in [9.17, 15) is 21.6 Å². The Balaban J connectivity index is 1.55. The van der Waals surface area contributed by atoms with Gasteiger partial charge in [0.1, 0.15) is 5.75 Å². The van der Waals surface area contributed by atoms with Gasteiger partial charge in [-0.2, -0.15) is 0 Å². The molecule has 0 radical (unpaired) electrons. The molecule has 9 heteroatoms. The predicted octanol–water partition coefficient (Wildman–Crippen LogP) is 5.05. The molecule has 3 aromatic carbocycles. The molecular formula is C25H25F3N2O3S. The molecule has 0 unspecified atom stereocenters. The monoisotopic (exact) mass is 490 g/mol. The van der Waals surface area contributed by atoms with Gasteiger partial charge in [-0.05, 0) is 41.5 Å². The van der Waals surface area contributed by atoms with E-state index >= 15 is 0 Å². The van der Waals surface area contributed by atoms with Crippen molar-refractivity contribution in [2.45, 2.75) is 23.8 Å². The fourth-order valence-electron chi connectivity index (χ4n) is 4.18. The highest BCUT2D eigenvalue weighted by Crippen LogP contribution is 2.31. The number of anilines is 1. The van der Waals surface area contributed by atoms with E-state index in [2.05, 4.69) is 14.5 Å². The van der Waals surface area contributed by atoms with Gasteiger partial charge in [0.2, 0.25) is 0 Å². The molecule has 5 nitrogen and oxygen atoms in total. The summed E-state index contributed by atoms with van der Waals surface area (Å²) >= 11 is 0. The third kappa shape index (κ3) is 6.09. The van der Waals surface area contributed by atoms with Gasteiger partial charge in [-0.3, -0.25) is 4.90 Å². The zero-order valence-corrected chi connectivity index (χ0v) is 19.4. The van der Waals surface area contributed by atoms with Crippen molar-refractivity contribution >= 4 is 15.5 Å². The van der Waals surface area contributed by atoms with Crippen LogP contribution in [-0.4, -0.2) is 45.6 Å². The fraction of sp³-hybridized carbons (Fsp3) is 0.280. The summed E-state index contributed by atoms with van der Waals surface area (Å²) in [7, 11) is -3.31. The second kappa shape index (κ2) is 9.68. The van der Waals surface area contributed by atoms with E-state index in [1.807, 2.05) is 36.4 Å². The molecule has 1 aliphatic heterocycles. The van der Waals surface area contributed by atoms with Crippen molar-refractivity contribution in [1.82, 2.24) is 4.90 Å². The van der Waals surface area contributed by atoms with Gasteiger partial charge in [-0.1, -0.05) is 48.5 Å². The van der Waals surface area contributed by atoms with Gasteiger partial charge in [0.25, 0.3) is 0 Å². The lowest BCUT2D eigenvalue weighted by Gasteiger charge is -2.43. The SMILES string of the molecule is CS(=O)(=O)c1cccc(N2CCN(Cc3ccc(OC(F)(F)F)cc3)[C@@H](c3ccccc3)C2)c1. The molecule has 1 aliphatic rings. The van der Waals surface area contributed by atoms with Gasteiger partial charge >= 0.3 is 6.36 Å². The van der Waals surface area contributed by atoms with Gasteiger partial charge in [0.15, 0.2) is 9.84 Å². The number of piperazine rings is 1. The maximum absolute atomic E-state index is 12.5. The summed E-state index contributed by atoms with van der Waals surface area (Å²) in [4.78, 5) is 4.74. The number of hydrogen-bond donors (Lipinski definition) is 0. The minimum atomic E-state index is -4.72. The lowest BCUT2D eigenvalue weighted by Crippen LogP contribution is -2.48. The van der Waals surface area contributed by atoms with Gasteiger partial charge in [-0.25, -0.2) is 8.42 Å². The van der Waals surface area contributed by atoms with Crippen LogP contribution in [-0.2, 0) is 16.4 Å².